The van der Waals surface area contributed by atoms with Crippen LogP contribution in [0.5, 0.6) is 0 Å². The highest BCUT2D eigenvalue weighted by Gasteiger charge is 2.28. The maximum absolute atomic E-state index is 12.1. The largest absolute Gasteiger partial charge is 0.356 e. The van der Waals surface area contributed by atoms with Crippen LogP contribution in [0.15, 0.2) is 29.2 Å². The van der Waals surface area contributed by atoms with E-state index in [0.29, 0.717) is 6.54 Å². The molecule has 6 heteroatoms. The Kier molecular flexibility index (Phi) is 6.15. The molecule has 2 amide bonds. The Hall–Kier alpha value is -1.53. The van der Waals surface area contributed by atoms with Crippen LogP contribution in [0.25, 0.3) is 0 Å². The van der Waals surface area contributed by atoms with Crippen molar-refractivity contribution in [3.8, 4) is 0 Å². The van der Waals surface area contributed by atoms with Crippen molar-refractivity contribution >= 4 is 29.3 Å². The lowest BCUT2D eigenvalue weighted by Gasteiger charge is -2.26. The van der Waals surface area contributed by atoms with Gasteiger partial charge in [0.1, 0.15) is 0 Å². The highest BCUT2D eigenvalue weighted by atomic mass is 32.2. The van der Waals surface area contributed by atoms with Gasteiger partial charge in [-0.3, -0.25) is 9.59 Å². The Morgan fingerprint density at radius 1 is 1.25 bits per heavy atom. The lowest BCUT2D eigenvalue weighted by molar-refractivity contribution is -0.124. The number of likely N-dealkylation sites (tertiary alicyclic amines) is 1. The van der Waals surface area contributed by atoms with Crippen molar-refractivity contribution in [3.63, 3.8) is 0 Å². The molecule has 0 saturated carbocycles. The molecule has 3 rings (SSSR count). The first-order valence-corrected chi connectivity index (χ1v) is 9.66. The number of carbonyl (C=O) groups is 2. The summed E-state index contributed by atoms with van der Waals surface area (Å²) in [4.78, 5) is 27.7. The van der Waals surface area contributed by atoms with Crippen LogP contribution in [0.4, 0.5) is 5.69 Å². The molecule has 1 aromatic carbocycles. The smallest absolute Gasteiger partial charge is 0.238 e. The van der Waals surface area contributed by atoms with E-state index in [1.54, 1.807) is 0 Å². The lowest BCUT2D eigenvalue weighted by Crippen LogP contribution is -2.36. The number of benzene rings is 1. The third-order valence-electron chi connectivity index (χ3n) is 4.50. The molecule has 0 bridgehead atoms. The molecular weight excluding hydrogens is 322 g/mol. The molecule has 0 aliphatic carbocycles. The number of nitrogens with one attached hydrogen (secondary N) is 2. The second-order valence-electron chi connectivity index (χ2n) is 6.40. The number of hydrogen-bond acceptors (Lipinski definition) is 4. The lowest BCUT2D eigenvalue weighted by atomic mass is 10.1. The van der Waals surface area contributed by atoms with Gasteiger partial charge in [-0.1, -0.05) is 18.6 Å². The predicted octanol–water partition coefficient (Wildman–Crippen LogP) is 2.48. The van der Waals surface area contributed by atoms with Gasteiger partial charge in [0.05, 0.1) is 10.9 Å². The summed E-state index contributed by atoms with van der Waals surface area (Å²) in [5.74, 6) is -0.122. The van der Waals surface area contributed by atoms with Crippen LogP contribution in [0.3, 0.4) is 0 Å². The predicted molar refractivity (Wildman–Crippen MR) is 97.3 cm³/mol. The Morgan fingerprint density at radius 2 is 2.04 bits per heavy atom. The van der Waals surface area contributed by atoms with E-state index in [9.17, 15) is 9.59 Å². The van der Waals surface area contributed by atoms with Gasteiger partial charge >= 0.3 is 0 Å². The standard InChI is InChI=1S/C18H25N3O2S/c22-17(19-9-6-12-21-10-4-1-5-11-21)13-16-18(23)20-14-7-2-3-8-15(14)24-16/h2-3,7-8,16H,1,4-6,9-13H2,(H,19,22)(H,20,23). The molecule has 1 atom stereocenters. The van der Waals surface area contributed by atoms with Gasteiger partial charge in [0, 0.05) is 17.9 Å². The van der Waals surface area contributed by atoms with E-state index in [-0.39, 0.29) is 23.5 Å². The Labute approximate surface area is 147 Å². The number of hydrogen-bond donors (Lipinski definition) is 2. The summed E-state index contributed by atoms with van der Waals surface area (Å²) in [6.45, 7) is 4.11. The molecule has 1 fully saturated rings. The number of amides is 2. The van der Waals surface area contributed by atoms with Gasteiger partial charge in [-0.05, 0) is 51.0 Å². The van der Waals surface area contributed by atoms with Crippen LogP contribution >= 0.6 is 11.8 Å². The summed E-state index contributed by atoms with van der Waals surface area (Å²) >= 11 is 1.47. The second-order valence-corrected chi connectivity index (χ2v) is 7.65. The van der Waals surface area contributed by atoms with Crippen LogP contribution < -0.4 is 10.6 Å². The third-order valence-corrected chi connectivity index (χ3v) is 5.77. The number of piperidine rings is 1. The van der Waals surface area contributed by atoms with Gasteiger partial charge < -0.3 is 15.5 Å². The van der Waals surface area contributed by atoms with Gasteiger partial charge in [-0.25, -0.2) is 0 Å². The Balaban J connectivity index is 1.38. The van der Waals surface area contributed by atoms with Crippen molar-refractivity contribution in [2.45, 2.75) is 42.2 Å². The topological polar surface area (TPSA) is 61.4 Å². The molecule has 0 radical (unpaired) electrons. The Bertz CT molecular complexity index is 587. The van der Waals surface area contributed by atoms with E-state index in [2.05, 4.69) is 15.5 Å². The molecule has 2 aliphatic heterocycles. The number of rotatable bonds is 6. The molecular formula is C18H25N3O2S. The monoisotopic (exact) mass is 347 g/mol. The molecule has 0 spiro atoms. The number of carbonyl (C=O) groups excluding carboxylic acids is 2. The second kappa shape index (κ2) is 8.53. The first-order valence-electron chi connectivity index (χ1n) is 8.78. The average Bonchev–Trinajstić information content (AvgIpc) is 2.60. The van der Waals surface area contributed by atoms with E-state index in [1.807, 2.05) is 24.3 Å². The summed E-state index contributed by atoms with van der Waals surface area (Å²) in [5, 5.41) is 5.49. The van der Waals surface area contributed by atoms with Crippen molar-refractivity contribution in [2.75, 3.05) is 31.5 Å². The van der Waals surface area contributed by atoms with Gasteiger partial charge in [0.15, 0.2) is 0 Å². The maximum Gasteiger partial charge on any atom is 0.238 e. The molecule has 1 unspecified atom stereocenters. The number of thioether (sulfide) groups is 1. The molecule has 130 valence electrons. The van der Waals surface area contributed by atoms with Crippen molar-refractivity contribution in [2.24, 2.45) is 0 Å². The first kappa shape index (κ1) is 17.3. The minimum atomic E-state index is -0.345. The number of anilines is 1. The van der Waals surface area contributed by atoms with Crippen LogP contribution in [-0.4, -0.2) is 48.1 Å². The van der Waals surface area contributed by atoms with Gasteiger partial charge in [0.25, 0.3) is 0 Å². The Morgan fingerprint density at radius 3 is 2.88 bits per heavy atom. The van der Waals surface area contributed by atoms with Gasteiger partial charge in [-0.2, -0.15) is 0 Å². The van der Waals surface area contributed by atoms with Crippen molar-refractivity contribution in [1.29, 1.82) is 0 Å². The zero-order valence-corrected chi connectivity index (χ0v) is 14.7. The number of para-hydroxylation sites is 1. The highest BCUT2D eigenvalue weighted by Crippen LogP contribution is 2.36. The molecule has 1 aromatic rings. The van der Waals surface area contributed by atoms with Crippen LogP contribution in [-0.2, 0) is 9.59 Å². The van der Waals surface area contributed by atoms with Gasteiger partial charge in [0.2, 0.25) is 11.8 Å². The molecule has 2 heterocycles. The zero-order valence-electron chi connectivity index (χ0n) is 13.9. The third kappa shape index (κ3) is 4.74. The van der Waals surface area contributed by atoms with E-state index in [0.717, 1.165) is 23.5 Å². The summed E-state index contributed by atoms with van der Waals surface area (Å²) < 4.78 is 0. The molecule has 2 N–H and O–H groups in total. The minimum absolute atomic E-state index is 0.0410. The molecule has 24 heavy (non-hydrogen) atoms. The first-order chi connectivity index (χ1) is 11.7. The van der Waals surface area contributed by atoms with Crippen molar-refractivity contribution < 1.29 is 9.59 Å². The summed E-state index contributed by atoms with van der Waals surface area (Å²) in [7, 11) is 0. The van der Waals surface area contributed by atoms with Gasteiger partial charge in [-0.15, -0.1) is 11.8 Å². The normalized spacial score (nSPS) is 21.0. The van der Waals surface area contributed by atoms with Crippen molar-refractivity contribution in [1.82, 2.24) is 10.2 Å². The molecule has 0 aromatic heterocycles. The quantitative estimate of drug-likeness (QED) is 0.776. The minimum Gasteiger partial charge on any atom is -0.356 e. The van der Waals surface area contributed by atoms with E-state index < -0.39 is 0 Å². The SMILES string of the molecule is O=C(CC1Sc2ccccc2NC1=O)NCCCN1CCCCC1. The van der Waals surface area contributed by atoms with Crippen LogP contribution in [0, 0.1) is 0 Å². The molecule has 5 nitrogen and oxygen atoms in total. The van der Waals surface area contributed by atoms with E-state index in [1.165, 1.54) is 44.1 Å². The fourth-order valence-electron chi connectivity index (χ4n) is 3.18. The fraction of sp³-hybridized carbons (Fsp3) is 0.556. The molecule has 1 saturated heterocycles. The van der Waals surface area contributed by atoms with E-state index in [4.69, 9.17) is 0 Å². The summed E-state index contributed by atoms with van der Waals surface area (Å²) in [6.07, 6.45) is 5.13. The summed E-state index contributed by atoms with van der Waals surface area (Å²) in [5.41, 5.74) is 0.839. The van der Waals surface area contributed by atoms with Crippen LogP contribution in [0.2, 0.25) is 0 Å². The summed E-state index contributed by atoms with van der Waals surface area (Å²) in [6, 6.07) is 7.70. The van der Waals surface area contributed by atoms with E-state index >= 15 is 0 Å². The average molecular weight is 347 g/mol. The van der Waals surface area contributed by atoms with Crippen molar-refractivity contribution in [3.05, 3.63) is 24.3 Å². The van der Waals surface area contributed by atoms with Crippen LogP contribution in [0.1, 0.15) is 32.1 Å². The number of nitrogens with zero attached hydrogens (tertiary/aromatic N) is 1. The maximum atomic E-state index is 12.1. The highest BCUT2D eigenvalue weighted by molar-refractivity contribution is 8.01. The fourth-order valence-corrected chi connectivity index (χ4v) is 4.29. The zero-order chi connectivity index (χ0) is 16.8. The molecule has 2 aliphatic rings. The number of fused-ring (bicyclic) bond motifs is 1.